The van der Waals surface area contributed by atoms with Gasteiger partial charge >= 0.3 is 5.97 Å². The fourth-order valence-corrected chi connectivity index (χ4v) is 2.17. The van der Waals surface area contributed by atoms with Crippen LogP contribution in [0.15, 0.2) is 24.5 Å². The Morgan fingerprint density at radius 1 is 1.50 bits per heavy atom. The number of thiophene rings is 1. The van der Waals surface area contributed by atoms with Crippen LogP contribution >= 0.6 is 11.3 Å². The van der Waals surface area contributed by atoms with E-state index >= 15 is 0 Å². The lowest BCUT2D eigenvalue weighted by Gasteiger charge is -1.98. The molecule has 0 aromatic carbocycles. The molecule has 0 radical (unpaired) electrons. The van der Waals surface area contributed by atoms with E-state index in [2.05, 4.69) is 10.4 Å². The predicted molar refractivity (Wildman–Crippen MR) is 66.9 cm³/mol. The van der Waals surface area contributed by atoms with Gasteiger partial charge in [-0.3, -0.25) is 14.3 Å². The van der Waals surface area contributed by atoms with E-state index in [-0.39, 0.29) is 12.5 Å². The van der Waals surface area contributed by atoms with E-state index in [4.69, 9.17) is 5.11 Å². The van der Waals surface area contributed by atoms with Crippen molar-refractivity contribution in [2.45, 2.75) is 13.5 Å². The number of aliphatic carboxylic acids is 1. The van der Waals surface area contributed by atoms with Gasteiger partial charge in [0.1, 0.15) is 6.54 Å². The number of aryl methyl sites for hydroxylation is 1. The van der Waals surface area contributed by atoms with Gasteiger partial charge in [0.25, 0.3) is 5.91 Å². The molecule has 7 heteroatoms. The largest absolute Gasteiger partial charge is 0.480 e. The minimum absolute atomic E-state index is 0.219. The summed E-state index contributed by atoms with van der Waals surface area (Å²) in [5, 5.41) is 15.1. The first-order valence-electron chi connectivity index (χ1n) is 5.16. The highest BCUT2D eigenvalue weighted by Gasteiger charge is 2.10. The van der Waals surface area contributed by atoms with Crippen LogP contribution in [0.4, 0.5) is 5.69 Å². The number of hydrogen-bond acceptors (Lipinski definition) is 4. The van der Waals surface area contributed by atoms with Crippen molar-refractivity contribution in [3.63, 3.8) is 0 Å². The molecule has 0 saturated heterocycles. The molecule has 0 unspecified atom stereocenters. The lowest BCUT2D eigenvalue weighted by molar-refractivity contribution is -0.137. The fourth-order valence-electron chi connectivity index (χ4n) is 1.40. The number of amides is 1. The maximum atomic E-state index is 11.8. The second-order valence-electron chi connectivity index (χ2n) is 3.68. The summed E-state index contributed by atoms with van der Waals surface area (Å²) in [7, 11) is 0. The van der Waals surface area contributed by atoms with Gasteiger partial charge in [-0.15, -0.1) is 11.3 Å². The summed E-state index contributed by atoms with van der Waals surface area (Å²) in [4.78, 5) is 23.9. The molecule has 2 aromatic rings. The molecule has 2 aromatic heterocycles. The summed E-state index contributed by atoms with van der Waals surface area (Å²) in [6, 6.07) is 3.62. The number of aromatic nitrogens is 2. The molecular formula is C11H11N3O3S. The summed E-state index contributed by atoms with van der Waals surface area (Å²) in [6.45, 7) is 1.69. The monoisotopic (exact) mass is 265 g/mol. The summed E-state index contributed by atoms with van der Waals surface area (Å²) in [5.74, 6) is -1.20. The number of carboxylic acid groups (broad SMARTS) is 1. The summed E-state index contributed by atoms with van der Waals surface area (Å²) in [5.41, 5.74) is 0.479. The molecular weight excluding hydrogens is 254 g/mol. The van der Waals surface area contributed by atoms with Crippen LogP contribution in [0.5, 0.6) is 0 Å². The second kappa shape index (κ2) is 5.01. The van der Waals surface area contributed by atoms with Crippen molar-refractivity contribution in [1.82, 2.24) is 9.78 Å². The third-order valence-corrected chi connectivity index (χ3v) is 3.15. The molecule has 1 amide bonds. The fraction of sp³-hybridized carbons (Fsp3) is 0.182. The van der Waals surface area contributed by atoms with Crippen LogP contribution in [-0.4, -0.2) is 26.8 Å². The normalized spacial score (nSPS) is 10.3. The maximum Gasteiger partial charge on any atom is 0.325 e. The minimum Gasteiger partial charge on any atom is -0.480 e. The average molecular weight is 265 g/mol. The Morgan fingerprint density at radius 3 is 2.89 bits per heavy atom. The second-order valence-corrected chi connectivity index (χ2v) is 4.97. The summed E-state index contributed by atoms with van der Waals surface area (Å²) < 4.78 is 1.25. The van der Waals surface area contributed by atoms with Crippen molar-refractivity contribution in [3.8, 4) is 0 Å². The highest BCUT2D eigenvalue weighted by atomic mass is 32.1. The van der Waals surface area contributed by atoms with Crippen molar-refractivity contribution < 1.29 is 14.7 Å². The van der Waals surface area contributed by atoms with E-state index in [1.54, 1.807) is 6.07 Å². The number of carboxylic acids is 1. The molecule has 18 heavy (non-hydrogen) atoms. The Morgan fingerprint density at radius 2 is 2.28 bits per heavy atom. The molecule has 0 aliphatic rings. The van der Waals surface area contributed by atoms with Gasteiger partial charge in [-0.1, -0.05) is 0 Å². The van der Waals surface area contributed by atoms with Crippen LogP contribution in [0.3, 0.4) is 0 Å². The van der Waals surface area contributed by atoms with Crippen LogP contribution in [0, 0.1) is 6.92 Å². The first-order valence-corrected chi connectivity index (χ1v) is 5.98. The molecule has 94 valence electrons. The van der Waals surface area contributed by atoms with Gasteiger partial charge in [-0.2, -0.15) is 5.10 Å². The molecule has 0 atom stereocenters. The van der Waals surface area contributed by atoms with Gasteiger partial charge in [0.2, 0.25) is 0 Å². The van der Waals surface area contributed by atoms with Crippen molar-refractivity contribution in [2.24, 2.45) is 0 Å². The van der Waals surface area contributed by atoms with Gasteiger partial charge in [-0.25, -0.2) is 0 Å². The molecule has 0 spiro atoms. The van der Waals surface area contributed by atoms with E-state index < -0.39 is 5.97 Å². The van der Waals surface area contributed by atoms with E-state index in [1.807, 2.05) is 13.0 Å². The third-order valence-electron chi connectivity index (χ3n) is 2.15. The van der Waals surface area contributed by atoms with Gasteiger partial charge in [0.05, 0.1) is 16.8 Å². The zero-order valence-electron chi connectivity index (χ0n) is 9.58. The molecule has 2 heterocycles. The first-order chi connectivity index (χ1) is 8.54. The Kier molecular flexibility index (Phi) is 3.42. The predicted octanol–water partition coefficient (Wildman–Crippen LogP) is 1.59. The zero-order valence-corrected chi connectivity index (χ0v) is 10.4. The molecule has 0 aliphatic heterocycles. The SMILES string of the molecule is Cc1ccc(C(=O)Nc2cnn(CC(=O)O)c2)s1. The Hall–Kier alpha value is -2.15. The first kappa shape index (κ1) is 12.3. The number of rotatable bonds is 4. The Bertz CT molecular complexity index is 588. The topological polar surface area (TPSA) is 84.2 Å². The quantitative estimate of drug-likeness (QED) is 0.879. The van der Waals surface area contributed by atoms with Gasteiger partial charge in [0.15, 0.2) is 0 Å². The molecule has 0 saturated carbocycles. The molecule has 0 fully saturated rings. The smallest absolute Gasteiger partial charge is 0.325 e. The highest BCUT2D eigenvalue weighted by Crippen LogP contribution is 2.16. The highest BCUT2D eigenvalue weighted by molar-refractivity contribution is 7.14. The molecule has 0 aliphatic carbocycles. The van der Waals surface area contributed by atoms with Crippen LogP contribution < -0.4 is 5.32 Å². The summed E-state index contributed by atoms with van der Waals surface area (Å²) >= 11 is 1.40. The molecule has 0 bridgehead atoms. The van der Waals surface area contributed by atoms with Crippen molar-refractivity contribution >= 4 is 28.9 Å². The molecule has 2 N–H and O–H groups in total. The van der Waals surface area contributed by atoms with Crippen molar-refractivity contribution in [2.75, 3.05) is 5.32 Å². The Balaban J connectivity index is 2.03. The molecule has 6 nitrogen and oxygen atoms in total. The Labute approximate surface area is 107 Å². The molecule has 2 rings (SSSR count). The third kappa shape index (κ3) is 2.95. The van der Waals surface area contributed by atoms with Crippen molar-refractivity contribution in [3.05, 3.63) is 34.3 Å². The number of nitrogens with one attached hydrogen (secondary N) is 1. The number of anilines is 1. The van der Waals surface area contributed by atoms with Gasteiger partial charge in [-0.05, 0) is 19.1 Å². The van der Waals surface area contributed by atoms with Crippen LogP contribution in [0.1, 0.15) is 14.5 Å². The standard InChI is InChI=1S/C11H11N3O3S/c1-7-2-3-9(18-7)11(17)13-8-4-12-14(5-8)6-10(15)16/h2-5H,6H2,1H3,(H,13,17)(H,15,16). The van der Waals surface area contributed by atoms with E-state index in [0.29, 0.717) is 10.6 Å². The van der Waals surface area contributed by atoms with E-state index in [1.165, 1.54) is 28.4 Å². The lowest BCUT2D eigenvalue weighted by Crippen LogP contribution is -2.10. The van der Waals surface area contributed by atoms with Crippen LogP contribution in [-0.2, 0) is 11.3 Å². The van der Waals surface area contributed by atoms with Crippen LogP contribution in [0.25, 0.3) is 0 Å². The lowest BCUT2D eigenvalue weighted by atomic mass is 10.4. The van der Waals surface area contributed by atoms with Gasteiger partial charge < -0.3 is 10.4 Å². The number of nitrogens with zero attached hydrogens (tertiary/aromatic N) is 2. The van der Waals surface area contributed by atoms with E-state index in [0.717, 1.165) is 4.88 Å². The van der Waals surface area contributed by atoms with Crippen molar-refractivity contribution in [1.29, 1.82) is 0 Å². The number of carbonyl (C=O) groups excluding carboxylic acids is 1. The minimum atomic E-state index is -0.982. The number of hydrogen-bond donors (Lipinski definition) is 2. The zero-order chi connectivity index (χ0) is 13.1. The number of carbonyl (C=O) groups is 2. The summed E-state index contributed by atoms with van der Waals surface area (Å²) in [6.07, 6.45) is 2.90. The van der Waals surface area contributed by atoms with Crippen LogP contribution in [0.2, 0.25) is 0 Å². The maximum absolute atomic E-state index is 11.8. The van der Waals surface area contributed by atoms with Gasteiger partial charge in [0, 0.05) is 11.1 Å². The average Bonchev–Trinajstić information content (AvgIpc) is 2.87. The van der Waals surface area contributed by atoms with E-state index in [9.17, 15) is 9.59 Å².